The molecule has 0 aliphatic heterocycles. The molecule has 0 spiro atoms. The third-order valence-corrected chi connectivity index (χ3v) is 2.45. The van der Waals surface area contributed by atoms with Crippen molar-refractivity contribution in [3.63, 3.8) is 0 Å². The van der Waals surface area contributed by atoms with Gasteiger partial charge in [0, 0.05) is 0 Å². The molecular weight excluding hydrogens is 250 g/mol. The Hall–Kier alpha value is 0.180. The number of unbranched alkanes of at least 4 members (excludes halogenated alkanes) is 5. The molecule has 2 N–H and O–H groups in total. The van der Waals surface area contributed by atoms with E-state index in [1.165, 1.54) is 50.6 Å². The van der Waals surface area contributed by atoms with Gasteiger partial charge in [0.05, 0.1) is 13.1 Å². The summed E-state index contributed by atoms with van der Waals surface area (Å²) in [4.78, 5) is 0. The molecule has 0 radical (unpaired) electrons. The quantitative estimate of drug-likeness (QED) is 0.447. The number of allylic oxidation sites excluding steroid dienone is 1. The van der Waals surface area contributed by atoms with E-state index in [1.807, 2.05) is 0 Å². The molecule has 0 aromatic carbocycles. The van der Waals surface area contributed by atoms with Crippen LogP contribution in [0.2, 0.25) is 0 Å². The third kappa shape index (κ3) is 16.8. The Bertz CT molecular complexity index is 139. The second-order valence-electron chi connectivity index (χ2n) is 4.36. The fraction of sp³-hybridized carbons (Fsp3) is 0.846. The highest BCUT2D eigenvalue weighted by molar-refractivity contribution is 4.91. The van der Waals surface area contributed by atoms with Gasteiger partial charge in [-0.05, 0) is 32.8 Å². The molecule has 1 nitrogen and oxygen atoms in total. The molecule has 0 atom stereocenters. The highest BCUT2D eigenvalue weighted by atomic mass is 79.9. The van der Waals surface area contributed by atoms with Crippen LogP contribution in [0.25, 0.3) is 0 Å². The number of halogens is 1. The second-order valence-corrected chi connectivity index (χ2v) is 4.36. The Kier molecular flexibility index (Phi) is 16.6. The largest absolute Gasteiger partial charge is 1.00 e. The predicted molar refractivity (Wildman–Crippen MR) is 64.5 cm³/mol. The maximum Gasteiger partial charge on any atom is 0.0944 e. The number of hydrogen-bond donors (Lipinski definition) is 1. The molecule has 0 saturated carbocycles. The summed E-state index contributed by atoms with van der Waals surface area (Å²) in [5.74, 6) is 0. The Morgan fingerprint density at radius 1 is 1.00 bits per heavy atom. The average molecular weight is 278 g/mol. The second kappa shape index (κ2) is 14.2. The monoisotopic (exact) mass is 277 g/mol. The van der Waals surface area contributed by atoms with Crippen LogP contribution in [0.15, 0.2) is 11.6 Å². The first-order valence-corrected chi connectivity index (χ1v) is 6.22. The van der Waals surface area contributed by atoms with Gasteiger partial charge >= 0.3 is 0 Å². The minimum atomic E-state index is 0. The van der Waals surface area contributed by atoms with E-state index >= 15 is 0 Å². The summed E-state index contributed by atoms with van der Waals surface area (Å²) < 4.78 is 0. The molecule has 92 valence electrons. The summed E-state index contributed by atoms with van der Waals surface area (Å²) >= 11 is 0. The van der Waals surface area contributed by atoms with Crippen molar-refractivity contribution in [2.45, 2.75) is 59.3 Å². The predicted octanol–water partition coefficient (Wildman–Crippen LogP) is -0.119. The fourth-order valence-electron chi connectivity index (χ4n) is 1.51. The molecule has 0 saturated heterocycles. The Morgan fingerprint density at radius 3 is 2.20 bits per heavy atom. The molecule has 0 amide bonds. The van der Waals surface area contributed by atoms with E-state index in [9.17, 15) is 0 Å². The van der Waals surface area contributed by atoms with Crippen molar-refractivity contribution in [2.75, 3.05) is 13.1 Å². The maximum atomic E-state index is 2.41. The smallest absolute Gasteiger partial charge is 0.0944 e. The number of quaternary nitrogens is 1. The first-order valence-electron chi connectivity index (χ1n) is 6.22. The summed E-state index contributed by atoms with van der Waals surface area (Å²) in [5.41, 5.74) is 1.43. The van der Waals surface area contributed by atoms with Crippen LogP contribution in [0.5, 0.6) is 0 Å². The standard InChI is InChI=1S/C13H27N.BrH/c1-4-5-6-7-8-9-11-14-12-10-13(2)3;/h10,14H,4-9,11-12H2,1-3H3;1H. The minimum Gasteiger partial charge on any atom is -1.00 e. The molecule has 2 heteroatoms. The van der Waals surface area contributed by atoms with Gasteiger partial charge in [-0.2, -0.15) is 0 Å². The Labute approximate surface area is 106 Å². The summed E-state index contributed by atoms with van der Waals surface area (Å²) in [5, 5.41) is 2.41. The van der Waals surface area contributed by atoms with E-state index in [-0.39, 0.29) is 17.0 Å². The van der Waals surface area contributed by atoms with Gasteiger partial charge in [-0.25, -0.2) is 0 Å². The normalized spacial score (nSPS) is 9.53. The number of rotatable bonds is 9. The Morgan fingerprint density at radius 2 is 1.60 bits per heavy atom. The van der Waals surface area contributed by atoms with Crippen LogP contribution in [0.4, 0.5) is 0 Å². The van der Waals surface area contributed by atoms with Gasteiger partial charge in [0.1, 0.15) is 0 Å². The molecule has 0 aliphatic carbocycles. The average Bonchev–Trinajstić information content (AvgIpc) is 2.15. The molecule has 15 heavy (non-hydrogen) atoms. The van der Waals surface area contributed by atoms with Crippen LogP contribution in [-0.4, -0.2) is 13.1 Å². The van der Waals surface area contributed by atoms with E-state index in [1.54, 1.807) is 0 Å². The number of nitrogens with two attached hydrogens (primary N) is 1. The van der Waals surface area contributed by atoms with Gasteiger partial charge in [-0.15, -0.1) is 0 Å². The van der Waals surface area contributed by atoms with E-state index in [0.29, 0.717) is 0 Å². The van der Waals surface area contributed by atoms with E-state index in [2.05, 4.69) is 32.2 Å². The van der Waals surface area contributed by atoms with Crippen molar-refractivity contribution in [3.05, 3.63) is 11.6 Å². The molecule has 0 fully saturated rings. The third-order valence-electron chi connectivity index (χ3n) is 2.45. The van der Waals surface area contributed by atoms with Crippen molar-refractivity contribution >= 4 is 0 Å². The zero-order chi connectivity index (χ0) is 10.6. The molecule has 0 rings (SSSR count). The topological polar surface area (TPSA) is 16.6 Å². The molecule has 0 bridgehead atoms. The lowest BCUT2D eigenvalue weighted by Crippen LogP contribution is -3.00. The van der Waals surface area contributed by atoms with Crippen LogP contribution in [0, 0.1) is 0 Å². The SMILES string of the molecule is CCCCCCCC[NH2+]CC=C(C)C.[Br-]. The highest BCUT2D eigenvalue weighted by Gasteiger charge is 1.91. The first-order chi connectivity index (χ1) is 6.77. The van der Waals surface area contributed by atoms with Crippen molar-refractivity contribution in [2.24, 2.45) is 0 Å². The van der Waals surface area contributed by atoms with Crippen LogP contribution >= 0.6 is 0 Å². The van der Waals surface area contributed by atoms with Crippen molar-refractivity contribution in [3.8, 4) is 0 Å². The lowest BCUT2D eigenvalue weighted by Gasteiger charge is -2.00. The van der Waals surface area contributed by atoms with Crippen LogP contribution < -0.4 is 22.3 Å². The van der Waals surface area contributed by atoms with Crippen molar-refractivity contribution in [1.82, 2.24) is 0 Å². The zero-order valence-corrected chi connectivity index (χ0v) is 12.3. The molecular formula is C13H28BrN. The molecule has 0 aromatic heterocycles. The van der Waals surface area contributed by atoms with Crippen molar-refractivity contribution < 1.29 is 22.3 Å². The van der Waals surface area contributed by atoms with Gasteiger partial charge in [0.25, 0.3) is 0 Å². The van der Waals surface area contributed by atoms with Gasteiger partial charge < -0.3 is 22.3 Å². The van der Waals surface area contributed by atoms with E-state index in [4.69, 9.17) is 0 Å². The van der Waals surface area contributed by atoms with Gasteiger partial charge in [0.2, 0.25) is 0 Å². The van der Waals surface area contributed by atoms with Crippen LogP contribution in [0.3, 0.4) is 0 Å². The van der Waals surface area contributed by atoms with Crippen LogP contribution in [-0.2, 0) is 0 Å². The number of hydrogen-bond acceptors (Lipinski definition) is 0. The minimum absolute atomic E-state index is 0. The van der Waals surface area contributed by atoms with E-state index < -0.39 is 0 Å². The first kappa shape index (κ1) is 17.6. The highest BCUT2D eigenvalue weighted by Crippen LogP contribution is 2.03. The summed E-state index contributed by atoms with van der Waals surface area (Å²) in [7, 11) is 0. The molecule has 0 aliphatic rings. The lowest BCUT2D eigenvalue weighted by atomic mass is 10.1. The molecule has 0 unspecified atom stereocenters. The fourth-order valence-corrected chi connectivity index (χ4v) is 1.51. The lowest BCUT2D eigenvalue weighted by molar-refractivity contribution is -0.646. The van der Waals surface area contributed by atoms with Crippen LogP contribution in [0.1, 0.15) is 59.3 Å². The molecule has 0 heterocycles. The summed E-state index contributed by atoms with van der Waals surface area (Å²) in [6, 6.07) is 0. The van der Waals surface area contributed by atoms with E-state index in [0.717, 1.165) is 6.54 Å². The molecule has 0 aromatic rings. The van der Waals surface area contributed by atoms with Crippen molar-refractivity contribution in [1.29, 1.82) is 0 Å². The summed E-state index contributed by atoms with van der Waals surface area (Å²) in [6.45, 7) is 9.07. The van der Waals surface area contributed by atoms with Gasteiger partial charge in [0.15, 0.2) is 0 Å². The Balaban J connectivity index is 0. The maximum absolute atomic E-state index is 2.41. The summed E-state index contributed by atoms with van der Waals surface area (Å²) in [6.07, 6.45) is 10.8. The van der Waals surface area contributed by atoms with Gasteiger partial charge in [-0.3, -0.25) is 0 Å². The zero-order valence-electron chi connectivity index (χ0n) is 10.7. The van der Waals surface area contributed by atoms with Gasteiger partial charge in [-0.1, -0.05) is 38.2 Å².